The first kappa shape index (κ1) is 23.0. The lowest BCUT2D eigenvalue weighted by atomic mass is 9.83. The summed E-state index contributed by atoms with van der Waals surface area (Å²) in [5.41, 5.74) is 3.75. The number of allylic oxidation sites excluding steroid dienone is 1. The molecule has 0 saturated carbocycles. The van der Waals surface area contributed by atoms with Crippen molar-refractivity contribution in [2.45, 2.75) is 45.2 Å². The summed E-state index contributed by atoms with van der Waals surface area (Å²) in [7, 11) is 1.73. The number of hydrogen-bond acceptors (Lipinski definition) is 3. The third-order valence-corrected chi connectivity index (χ3v) is 7.85. The predicted molar refractivity (Wildman–Crippen MR) is 137 cm³/mol. The Kier molecular flexibility index (Phi) is 7.64. The van der Waals surface area contributed by atoms with Gasteiger partial charge in [0.05, 0.1) is 12.6 Å². The fourth-order valence-electron chi connectivity index (χ4n) is 5.01. The maximum atomic E-state index is 5.50. The molecular formula is C28H33BrN2O. The van der Waals surface area contributed by atoms with E-state index in [-0.39, 0.29) is 0 Å². The summed E-state index contributed by atoms with van der Waals surface area (Å²) in [6.07, 6.45) is 8.71. The van der Waals surface area contributed by atoms with Crippen LogP contribution in [0.3, 0.4) is 0 Å². The number of fused-ring (bicyclic) bond motifs is 1. The molecule has 0 radical (unpaired) electrons. The van der Waals surface area contributed by atoms with E-state index >= 15 is 0 Å². The summed E-state index contributed by atoms with van der Waals surface area (Å²) < 4.78 is 6.65. The van der Waals surface area contributed by atoms with Gasteiger partial charge in [-0.1, -0.05) is 47.1 Å². The highest BCUT2D eigenvalue weighted by atomic mass is 79.9. The van der Waals surface area contributed by atoms with Gasteiger partial charge in [-0.3, -0.25) is 9.88 Å². The van der Waals surface area contributed by atoms with Crippen molar-refractivity contribution in [1.82, 2.24) is 9.88 Å². The zero-order chi connectivity index (χ0) is 22.5. The van der Waals surface area contributed by atoms with Crippen molar-refractivity contribution in [3.8, 4) is 5.75 Å². The Morgan fingerprint density at radius 1 is 1.12 bits per heavy atom. The second-order valence-electron chi connectivity index (χ2n) is 9.02. The van der Waals surface area contributed by atoms with Crippen molar-refractivity contribution in [2.24, 2.45) is 11.8 Å². The molecule has 32 heavy (non-hydrogen) atoms. The molecule has 2 aromatic carbocycles. The topological polar surface area (TPSA) is 25.4 Å². The van der Waals surface area contributed by atoms with Crippen molar-refractivity contribution in [3.63, 3.8) is 0 Å². The van der Waals surface area contributed by atoms with E-state index in [1.165, 1.54) is 35.8 Å². The van der Waals surface area contributed by atoms with Crippen LogP contribution in [0.25, 0.3) is 10.9 Å². The van der Waals surface area contributed by atoms with Crippen LogP contribution in [-0.2, 0) is 13.0 Å². The van der Waals surface area contributed by atoms with Crippen LogP contribution in [0.1, 0.15) is 37.3 Å². The Bertz CT molecular complexity index is 1060. The standard InChI is InChI=1S/C28H33BrN2O/c1-4-21-9-10-24(17-22-13-15-30-28-8-6-5-7-26(22)28)31(16-14-20(21)2)19-23-18-25(32-3)11-12-27(23)29/h4-8,11-13,15,18,20-21,24H,1,9-10,14,16-17,19H2,2-3H3. The first-order valence-corrected chi connectivity index (χ1v) is 12.4. The number of methoxy groups -OCH3 is 1. The average molecular weight is 493 g/mol. The number of benzene rings is 2. The Labute approximate surface area is 200 Å². The molecule has 2 heterocycles. The van der Waals surface area contributed by atoms with Crippen molar-refractivity contribution < 1.29 is 4.74 Å². The average Bonchev–Trinajstić information content (AvgIpc) is 2.81. The number of nitrogens with zero attached hydrogens (tertiary/aromatic N) is 2. The first-order chi connectivity index (χ1) is 15.6. The summed E-state index contributed by atoms with van der Waals surface area (Å²) in [6.45, 7) is 8.51. The summed E-state index contributed by atoms with van der Waals surface area (Å²) in [5, 5.41) is 1.27. The zero-order valence-electron chi connectivity index (χ0n) is 19.1. The third-order valence-electron chi connectivity index (χ3n) is 7.08. The molecule has 1 aliphatic heterocycles. The SMILES string of the molecule is C=CC1CCC(Cc2ccnc3ccccc23)N(Cc2cc(OC)ccc2Br)CCC1C. The minimum Gasteiger partial charge on any atom is -0.497 e. The highest BCUT2D eigenvalue weighted by Gasteiger charge is 2.27. The molecule has 1 saturated heterocycles. The predicted octanol–water partition coefficient (Wildman–Crippen LogP) is 7.04. The third kappa shape index (κ3) is 5.24. The van der Waals surface area contributed by atoms with Crippen molar-refractivity contribution in [3.05, 3.63) is 83.0 Å². The van der Waals surface area contributed by atoms with Crippen LogP contribution in [0.15, 0.2) is 71.9 Å². The molecule has 0 aliphatic carbocycles. The maximum absolute atomic E-state index is 5.50. The second kappa shape index (κ2) is 10.6. The molecule has 4 rings (SSSR count). The van der Waals surface area contributed by atoms with E-state index in [9.17, 15) is 0 Å². The summed E-state index contributed by atoms with van der Waals surface area (Å²) >= 11 is 3.77. The van der Waals surface area contributed by atoms with Crippen LogP contribution in [0, 0.1) is 11.8 Å². The molecule has 3 aromatic rings. The number of pyridine rings is 1. The normalized spacial score (nSPS) is 22.3. The first-order valence-electron chi connectivity index (χ1n) is 11.6. The minimum absolute atomic E-state index is 0.467. The summed E-state index contributed by atoms with van der Waals surface area (Å²) in [5.74, 6) is 2.16. The van der Waals surface area contributed by atoms with Gasteiger partial charge in [0.25, 0.3) is 0 Å². The van der Waals surface area contributed by atoms with E-state index in [0.717, 1.165) is 35.2 Å². The van der Waals surface area contributed by atoms with E-state index in [1.807, 2.05) is 12.3 Å². The largest absolute Gasteiger partial charge is 0.497 e. The number of para-hydroxylation sites is 1. The van der Waals surface area contributed by atoms with Crippen molar-refractivity contribution in [1.29, 1.82) is 0 Å². The number of ether oxygens (including phenoxy) is 1. The Hall–Kier alpha value is -2.17. The van der Waals surface area contributed by atoms with Crippen LogP contribution < -0.4 is 4.74 Å². The lowest BCUT2D eigenvalue weighted by Crippen LogP contribution is -2.40. The van der Waals surface area contributed by atoms with Crippen LogP contribution in [0.4, 0.5) is 0 Å². The molecule has 168 valence electrons. The van der Waals surface area contributed by atoms with Gasteiger partial charge in [-0.15, -0.1) is 6.58 Å². The molecule has 1 aliphatic rings. The van der Waals surface area contributed by atoms with E-state index in [1.54, 1.807) is 7.11 Å². The lowest BCUT2D eigenvalue weighted by Gasteiger charge is -2.37. The molecule has 3 nitrogen and oxygen atoms in total. The smallest absolute Gasteiger partial charge is 0.119 e. The van der Waals surface area contributed by atoms with Gasteiger partial charge in [0.2, 0.25) is 0 Å². The van der Waals surface area contributed by atoms with Gasteiger partial charge in [0.15, 0.2) is 0 Å². The highest BCUT2D eigenvalue weighted by Crippen LogP contribution is 2.32. The monoisotopic (exact) mass is 492 g/mol. The molecule has 3 unspecified atom stereocenters. The second-order valence-corrected chi connectivity index (χ2v) is 9.87. The Morgan fingerprint density at radius 3 is 2.78 bits per heavy atom. The zero-order valence-corrected chi connectivity index (χ0v) is 20.7. The van der Waals surface area contributed by atoms with Crippen LogP contribution in [-0.4, -0.2) is 29.6 Å². The van der Waals surface area contributed by atoms with E-state index in [4.69, 9.17) is 4.74 Å². The quantitative estimate of drug-likeness (QED) is 0.345. The van der Waals surface area contributed by atoms with Gasteiger partial charge < -0.3 is 4.74 Å². The maximum Gasteiger partial charge on any atom is 0.119 e. The fourth-order valence-corrected chi connectivity index (χ4v) is 5.38. The fraction of sp³-hybridized carbons (Fsp3) is 0.393. The molecule has 1 fully saturated rings. The molecule has 0 spiro atoms. The van der Waals surface area contributed by atoms with Gasteiger partial charge >= 0.3 is 0 Å². The lowest BCUT2D eigenvalue weighted by molar-refractivity contribution is 0.131. The molecule has 3 atom stereocenters. The Morgan fingerprint density at radius 2 is 1.97 bits per heavy atom. The molecule has 1 aromatic heterocycles. The molecule has 0 amide bonds. The number of likely N-dealkylation sites (tertiary alicyclic amines) is 1. The van der Waals surface area contributed by atoms with Crippen molar-refractivity contribution in [2.75, 3.05) is 13.7 Å². The van der Waals surface area contributed by atoms with Gasteiger partial charge in [0.1, 0.15) is 5.75 Å². The Balaban J connectivity index is 1.65. The van der Waals surface area contributed by atoms with Crippen molar-refractivity contribution >= 4 is 26.8 Å². The van der Waals surface area contributed by atoms with Crippen LogP contribution >= 0.6 is 15.9 Å². The van der Waals surface area contributed by atoms with Gasteiger partial charge in [-0.05, 0) is 85.5 Å². The van der Waals surface area contributed by atoms with Gasteiger partial charge in [0, 0.05) is 28.6 Å². The number of aromatic nitrogens is 1. The van der Waals surface area contributed by atoms with Gasteiger partial charge in [-0.2, -0.15) is 0 Å². The summed E-state index contributed by atoms with van der Waals surface area (Å²) in [4.78, 5) is 7.26. The molecule has 0 bridgehead atoms. The number of halogens is 1. The van der Waals surface area contributed by atoms with E-state index < -0.39 is 0 Å². The molecular weight excluding hydrogens is 460 g/mol. The summed E-state index contributed by atoms with van der Waals surface area (Å²) in [6, 6.07) is 17.4. The molecule has 4 heteroatoms. The highest BCUT2D eigenvalue weighted by molar-refractivity contribution is 9.10. The van der Waals surface area contributed by atoms with Crippen LogP contribution in [0.2, 0.25) is 0 Å². The molecule has 0 N–H and O–H groups in total. The van der Waals surface area contributed by atoms with E-state index in [0.29, 0.717) is 17.9 Å². The number of rotatable bonds is 6. The van der Waals surface area contributed by atoms with E-state index in [2.05, 4.69) is 87.9 Å². The minimum atomic E-state index is 0.467. The van der Waals surface area contributed by atoms with Gasteiger partial charge in [-0.25, -0.2) is 0 Å². The van der Waals surface area contributed by atoms with Crippen LogP contribution in [0.5, 0.6) is 5.75 Å². The number of hydrogen-bond donors (Lipinski definition) is 0.